The molecule has 1 unspecified atom stereocenters. The summed E-state index contributed by atoms with van der Waals surface area (Å²) in [6, 6.07) is 4.03. The highest BCUT2D eigenvalue weighted by Gasteiger charge is 2.27. The van der Waals surface area contributed by atoms with Gasteiger partial charge in [0.05, 0.1) is 16.7 Å². The minimum absolute atomic E-state index is 0.171. The molecule has 0 bridgehead atoms. The van der Waals surface area contributed by atoms with Crippen LogP contribution in [-0.2, 0) is 0 Å². The van der Waals surface area contributed by atoms with Gasteiger partial charge < -0.3 is 10.6 Å². The van der Waals surface area contributed by atoms with E-state index >= 15 is 0 Å². The number of aromatic nitrogens is 4. The molecular weight excluding hydrogens is 324 g/mol. The first kappa shape index (κ1) is 13.0. The van der Waals surface area contributed by atoms with Crippen molar-refractivity contribution in [3.8, 4) is 0 Å². The Morgan fingerprint density at radius 1 is 1.50 bits per heavy atom. The molecule has 1 aliphatic heterocycles. The number of nitrogens with two attached hydrogens (primary N) is 1. The molecule has 1 aliphatic rings. The van der Waals surface area contributed by atoms with Crippen molar-refractivity contribution in [2.45, 2.75) is 12.5 Å². The fraction of sp³-hybridized carbons (Fsp3) is 0.333. The van der Waals surface area contributed by atoms with Crippen LogP contribution in [0.1, 0.15) is 23.0 Å². The zero-order valence-electron chi connectivity index (χ0n) is 10.6. The minimum Gasteiger partial charge on any atom is -0.364 e. The normalized spacial score (nSPS) is 18.4. The Morgan fingerprint density at radius 2 is 2.35 bits per heavy atom. The van der Waals surface area contributed by atoms with Crippen molar-refractivity contribution in [1.82, 2.24) is 20.0 Å². The quantitative estimate of drug-likeness (QED) is 0.902. The number of rotatable bonds is 3. The average Bonchev–Trinajstić information content (AvgIpc) is 3.08. The zero-order valence-corrected chi connectivity index (χ0v) is 12.2. The zero-order chi connectivity index (χ0) is 14.1. The molecule has 8 heteroatoms. The molecule has 3 heterocycles. The summed E-state index contributed by atoms with van der Waals surface area (Å²) in [4.78, 5) is 17.6. The maximum Gasteiger partial charge on any atom is 0.270 e. The van der Waals surface area contributed by atoms with Gasteiger partial charge in [-0.2, -0.15) is 0 Å². The Bertz CT molecular complexity index is 642. The van der Waals surface area contributed by atoms with E-state index < -0.39 is 5.91 Å². The third-order valence-electron chi connectivity index (χ3n) is 3.34. The van der Waals surface area contributed by atoms with Crippen LogP contribution in [0.25, 0.3) is 0 Å². The summed E-state index contributed by atoms with van der Waals surface area (Å²) < 4.78 is 2.67. The van der Waals surface area contributed by atoms with E-state index in [4.69, 9.17) is 5.73 Å². The van der Waals surface area contributed by atoms with E-state index in [1.807, 2.05) is 12.1 Å². The van der Waals surface area contributed by atoms with Crippen LogP contribution in [0.2, 0.25) is 0 Å². The molecule has 1 saturated heterocycles. The lowest BCUT2D eigenvalue weighted by Gasteiger charge is -2.18. The lowest BCUT2D eigenvalue weighted by atomic mass is 10.3. The first-order valence-corrected chi connectivity index (χ1v) is 7.01. The highest BCUT2D eigenvalue weighted by Crippen LogP contribution is 2.29. The number of anilines is 1. The first-order chi connectivity index (χ1) is 9.65. The van der Waals surface area contributed by atoms with Crippen molar-refractivity contribution >= 4 is 27.7 Å². The summed E-state index contributed by atoms with van der Waals surface area (Å²) in [6.45, 7) is 1.66. The topological polar surface area (TPSA) is 89.9 Å². The van der Waals surface area contributed by atoms with E-state index in [0.29, 0.717) is 0 Å². The van der Waals surface area contributed by atoms with E-state index in [0.717, 1.165) is 29.8 Å². The first-order valence-electron chi connectivity index (χ1n) is 6.22. The molecule has 104 valence electrons. The second-order valence-electron chi connectivity index (χ2n) is 4.65. The summed E-state index contributed by atoms with van der Waals surface area (Å²) in [5, 5.41) is 7.75. The van der Waals surface area contributed by atoms with Gasteiger partial charge in [0.25, 0.3) is 5.91 Å². The SMILES string of the molecule is NC(=O)c1cn(C2CCN(c3ncccc3Br)C2)nn1. The highest BCUT2D eigenvalue weighted by molar-refractivity contribution is 9.10. The molecule has 0 radical (unpaired) electrons. The monoisotopic (exact) mass is 336 g/mol. The number of amides is 1. The Balaban J connectivity index is 1.76. The fourth-order valence-corrected chi connectivity index (χ4v) is 2.83. The van der Waals surface area contributed by atoms with Gasteiger partial charge in [-0.15, -0.1) is 5.10 Å². The van der Waals surface area contributed by atoms with Gasteiger partial charge in [-0.05, 0) is 34.5 Å². The van der Waals surface area contributed by atoms with Crippen molar-refractivity contribution in [1.29, 1.82) is 0 Å². The van der Waals surface area contributed by atoms with Gasteiger partial charge in [0, 0.05) is 19.3 Å². The van der Waals surface area contributed by atoms with Crippen molar-refractivity contribution in [2.75, 3.05) is 18.0 Å². The predicted molar refractivity (Wildman–Crippen MR) is 76.3 cm³/mol. The Morgan fingerprint density at radius 3 is 3.05 bits per heavy atom. The fourth-order valence-electron chi connectivity index (χ4n) is 2.33. The number of hydrogen-bond acceptors (Lipinski definition) is 5. The van der Waals surface area contributed by atoms with Crippen LogP contribution in [-0.4, -0.2) is 39.0 Å². The van der Waals surface area contributed by atoms with Crippen molar-refractivity contribution in [3.63, 3.8) is 0 Å². The van der Waals surface area contributed by atoms with Crippen LogP contribution in [0.15, 0.2) is 29.0 Å². The number of primary amides is 1. The molecule has 1 atom stereocenters. The Labute approximate surface area is 123 Å². The molecule has 1 amide bonds. The van der Waals surface area contributed by atoms with Gasteiger partial charge >= 0.3 is 0 Å². The molecule has 2 aromatic heterocycles. The predicted octanol–water partition coefficient (Wildman–Crippen LogP) is 0.986. The van der Waals surface area contributed by atoms with Crippen LogP contribution >= 0.6 is 15.9 Å². The van der Waals surface area contributed by atoms with Crippen LogP contribution in [0.4, 0.5) is 5.82 Å². The molecule has 0 aromatic carbocycles. The van der Waals surface area contributed by atoms with E-state index in [9.17, 15) is 4.79 Å². The lowest BCUT2D eigenvalue weighted by Crippen LogP contribution is -2.22. The molecule has 0 spiro atoms. The molecule has 2 N–H and O–H groups in total. The van der Waals surface area contributed by atoms with Gasteiger partial charge in [-0.3, -0.25) is 4.79 Å². The molecule has 2 aromatic rings. The van der Waals surface area contributed by atoms with E-state index in [-0.39, 0.29) is 11.7 Å². The number of pyridine rings is 1. The van der Waals surface area contributed by atoms with Gasteiger partial charge in [0.15, 0.2) is 5.69 Å². The number of halogens is 1. The molecule has 0 aliphatic carbocycles. The van der Waals surface area contributed by atoms with Gasteiger partial charge in [0.2, 0.25) is 0 Å². The van der Waals surface area contributed by atoms with Gasteiger partial charge in [0.1, 0.15) is 5.82 Å². The number of carbonyl (C=O) groups is 1. The van der Waals surface area contributed by atoms with Crippen LogP contribution in [0, 0.1) is 0 Å². The second kappa shape index (κ2) is 5.20. The van der Waals surface area contributed by atoms with Crippen molar-refractivity contribution in [3.05, 3.63) is 34.7 Å². The third-order valence-corrected chi connectivity index (χ3v) is 3.96. The molecule has 20 heavy (non-hydrogen) atoms. The minimum atomic E-state index is -0.557. The van der Waals surface area contributed by atoms with Crippen LogP contribution in [0.3, 0.4) is 0 Å². The molecule has 7 nitrogen and oxygen atoms in total. The summed E-state index contributed by atoms with van der Waals surface area (Å²) in [6.07, 6.45) is 4.29. The maximum atomic E-state index is 11.0. The molecular formula is C12H13BrN6O. The number of carbonyl (C=O) groups excluding carboxylic acids is 1. The van der Waals surface area contributed by atoms with Gasteiger partial charge in [-0.25, -0.2) is 9.67 Å². The number of hydrogen-bond donors (Lipinski definition) is 1. The molecule has 3 rings (SSSR count). The van der Waals surface area contributed by atoms with E-state index in [1.165, 1.54) is 0 Å². The Kier molecular flexibility index (Phi) is 3.39. The maximum absolute atomic E-state index is 11.0. The summed E-state index contributed by atoms with van der Waals surface area (Å²) in [5.74, 6) is 0.365. The largest absolute Gasteiger partial charge is 0.364 e. The Hall–Kier alpha value is -1.96. The lowest BCUT2D eigenvalue weighted by molar-refractivity contribution is 0.0995. The summed E-state index contributed by atoms with van der Waals surface area (Å²) in [7, 11) is 0. The van der Waals surface area contributed by atoms with Crippen molar-refractivity contribution in [2.24, 2.45) is 5.73 Å². The summed E-state index contributed by atoms with van der Waals surface area (Å²) in [5.41, 5.74) is 5.38. The summed E-state index contributed by atoms with van der Waals surface area (Å²) >= 11 is 3.51. The smallest absolute Gasteiger partial charge is 0.270 e. The van der Waals surface area contributed by atoms with Crippen LogP contribution in [0.5, 0.6) is 0 Å². The third kappa shape index (κ3) is 2.38. The average molecular weight is 337 g/mol. The van der Waals surface area contributed by atoms with E-state index in [2.05, 4.69) is 36.1 Å². The van der Waals surface area contributed by atoms with Crippen LogP contribution < -0.4 is 10.6 Å². The van der Waals surface area contributed by atoms with E-state index in [1.54, 1.807) is 17.1 Å². The van der Waals surface area contributed by atoms with Gasteiger partial charge in [-0.1, -0.05) is 5.21 Å². The number of nitrogens with zero attached hydrogens (tertiary/aromatic N) is 5. The highest BCUT2D eigenvalue weighted by atomic mass is 79.9. The molecule has 0 saturated carbocycles. The standard InChI is InChI=1S/C12H13BrN6O/c13-9-2-1-4-15-12(9)18-5-3-8(6-18)19-7-10(11(14)20)16-17-19/h1-2,4,7-8H,3,5-6H2,(H2,14,20). The second-order valence-corrected chi connectivity index (χ2v) is 5.50. The van der Waals surface area contributed by atoms with Crippen molar-refractivity contribution < 1.29 is 4.79 Å². The molecule has 1 fully saturated rings.